The summed E-state index contributed by atoms with van der Waals surface area (Å²) in [5, 5.41) is 0. The zero-order valence-electron chi connectivity index (χ0n) is 7.19. The normalized spacial score (nSPS) is 34.7. The van der Waals surface area contributed by atoms with E-state index in [-0.39, 0.29) is 18.6 Å². The van der Waals surface area contributed by atoms with Gasteiger partial charge in [-0.3, -0.25) is 4.79 Å². The van der Waals surface area contributed by atoms with E-state index in [9.17, 15) is 13.6 Å². The highest BCUT2D eigenvalue weighted by Gasteiger charge is 2.44. The number of Topliss-reactive ketones (excluding diaryl/α,β-unsaturated/α-hetero) is 1. The van der Waals surface area contributed by atoms with Crippen LogP contribution in [0.1, 0.15) is 26.7 Å². The van der Waals surface area contributed by atoms with Crippen LogP contribution in [0, 0.1) is 0 Å². The first-order valence-electron chi connectivity index (χ1n) is 3.89. The van der Waals surface area contributed by atoms with Gasteiger partial charge >= 0.3 is 0 Å². The van der Waals surface area contributed by atoms with Gasteiger partial charge in [-0.1, -0.05) is 0 Å². The molecular formula is C8H12F2O2. The number of ether oxygens (including phenoxy) is 1. The summed E-state index contributed by atoms with van der Waals surface area (Å²) in [6.07, 6.45) is -0.154. The van der Waals surface area contributed by atoms with Gasteiger partial charge < -0.3 is 4.74 Å². The summed E-state index contributed by atoms with van der Waals surface area (Å²) in [6, 6.07) is 0. The fourth-order valence-corrected chi connectivity index (χ4v) is 1.11. The molecule has 0 bridgehead atoms. The Labute approximate surface area is 69.9 Å². The van der Waals surface area contributed by atoms with Crippen molar-refractivity contribution in [1.29, 1.82) is 0 Å². The van der Waals surface area contributed by atoms with Crippen LogP contribution in [-0.2, 0) is 9.53 Å². The zero-order chi connectivity index (χ0) is 9.41. The average molecular weight is 178 g/mol. The highest BCUT2D eigenvalue weighted by molar-refractivity contribution is 5.84. The molecule has 0 radical (unpaired) electrons. The maximum atomic E-state index is 12.6. The number of hydrogen-bond acceptors (Lipinski definition) is 2. The van der Waals surface area contributed by atoms with Crippen LogP contribution in [0.5, 0.6) is 0 Å². The molecule has 12 heavy (non-hydrogen) atoms. The summed E-state index contributed by atoms with van der Waals surface area (Å²) in [5.41, 5.74) is -0.984. The molecule has 0 aromatic rings. The lowest BCUT2D eigenvalue weighted by Gasteiger charge is -2.35. The lowest BCUT2D eigenvalue weighted by atomic mass is 9.91. The number of carbonyl (C=O) groups excluding carboxylic acids is 1. The number of halogens is 2. The Morgan fingerprint density at radius 3 is 2.33 bits per heavy atom. The standard InChI is InChI=1S/C8H12F2O2/c1-6(11)7(2)3-4-8(9,10)5-12-7/h3-5H2,1-2H3/t7-/m1/s1. The van der Waals surface area contributed by atoms with Crippen molar-refractivity contribution in [2.75, 3.05) is 6.61 Å². The summed E-state index contributed by atoms with van der Waals surface area (Å²) in [7, 11) is 0. The van der Waals surface area contributed by atoms with Crippen molar-refractivity contribution >= 4 is 5.78 Å². The molecule has 0 spiro atoms. The van der Waals surface area contributed by atoms with E-state index in [2.05, 4.69) is 0 Å². The second kappa shape index (κ2) is 2.76. The Kier molecular flexibility index (Phi) is 2.21. The zero-order valence-corrected chi connectivity index (χ0v) is 7.19. The molecule has 1 aliphatic rings. The summed E-state index contributed by atoms with van der Waals surface area (Å²) in [6.45, 7) is 2.29. The average Bonchev–Trinajstić information content (AvgIpc) is 1.96. The van der Waals surface area contributed by atoms with Crippen LogP contribution >= 0.6 is 0 Å². The van der Waals surface area contributed by atoms with E-state index in [0.29, 0.717) is 0 Å². The van der Waals surface area contributed by atoms with Gasteiger partial charge in [-0.25, -0.2) is 8.78 Å². The number of ketones is 1. The number of rotatable bonds is 1. The van der Waals surface area contributed by atoms with Gasteiger partial charge in [0.25, 0.3) is 5.92 Å². The lowest BCUT2D eigenvalue weighted by Crippen LogP contribution is -2.46. The maximum Gasteiger partial charge on any atom is 0.271 e. The van der Waals surface area contributed by atoms with E-state index >= 15 is 0 Å². The highest BCUT2D eigenvalue weighted by atomic mass is 19.3. The smallest absolute Gasteiger partial charge is 0.271 e. The van der Waals surface area contributed by atoms with E-state index in [1.165, 1.54) is 6.92 Å². The van der Waals surface area contributed by atoms with Gasteiger partial charge in [-0.15, -0.1) is 0 Å². The van der Waals surface area contributed by atoms with E-state index in [1.54, 1.807) is 6.92 Å². The van der Waals surface area contributed by atoms with E-state index < -0.39 is 18.1 Å². The Morgan fingerprint density at radius 1 is 1.42 bits per heavy atom. The lowest BCUT2D eigenvalue weighted by molar-refractivity contribution is -0.186. The van der Waals surface area contributed by atoms with E-state index in [1.807, 2.05) is 0 Å². The van der Waals surface area contributed by atoms with E-state index in [0.717, 1.165) is 0 Å². The molecule has 4 heteroatoms. The Balaban J connectivity index is 2.62. The molecule has 1 fully saturated rings. The van der Waals surface area contributed by atoms with Crippen LogP contribution in [-0.4, -0.2) is 23.9 Å². The predicted octanol–water partition coefficient (Wildman–Crippen LogP) is 1.78. The summed E-state index contributed by atoms with van der Waals surface area (Å²) in [4.78, 5) is 11.0. The summed E-state index contributed by atoms with van der Waals surface area (Å²) < 4.78 is 30.0. The SMILES string of the molecule is CC(=O)[C@@]1(C)CCC(F)(F)CO1. The molecule has 0 unspecified atom stereocenters. The largest absolute Gasteiger partial charge is 0.361 e. The topological polar surface area (TPSA) is 26.3 Å². The molecule has 1 atom stereocenters. The minimum absolute atomic E-state index is 0.106. The van der Waals surface area contributed by atoms with Crippen molar-refractivity contribution in [2.24, 2.45) is 0 Å². The molecular weight excluding hydrogens is 166 g/mol. The minimum atomic E-state index is -2.76. The third kappa shape index (κ3) is 1.80. The quantitative estimate of drug-likeness (QED) is 0.611. The van der Waals surface area contributed by atoms with Gasteiger partial charge in [-0.05, 0) is 20.3 Å². The monoisotopic (exact) mass is 178 g/mol. The van der Waals surface area contributed by atoms with Crippen LogP contribution in [0.15, 0.2) is 0 Å². The first kappa shape index (κ1) is 9.58. The van der Waals surface area contributed by atoms with Gasteiger partial charge in [0.1, 0.15) is 12.2 Å². The summed E-state index contributed by atoms with van der Waals surface area (Å²) >= 11 is 0. The van der Waals surface area contributed by atoms with Crippen LogP contribution in [0.3, 0.4) is 0 Å². The molecule has 0 aliphatic carbocycles. The van der Waals surface area contributed by atoms with Crippen molar-refractivity contribution < 1.29 is 18.3 Å². The van der Waals surface area contributed by atoms with Gasteiger partial charge in [0.2, 0.25) is 0 Å². The Morgan fingerprint density at radius 2 is 2.00 bits per heavy atom. The molecule has 1 heterocycles. The molecule has 0 N–H and O–H groups in total. The third-order valence-corrected chi connectivity index (χ3v) is 2.31. The molecule has 0 amide bonds. The Hall–Kier alpha value is -0.510. The highest BCUT2D eigenvalue weighted by Crippen LogP contribution is 2.34. The number of carbonyl (C=O) groups is 1. The molecule has 1 saturated heterocycles. The third-order valence-electron chi connectivity index (χ3n) is 2.31. The molecule has 70 valence electrons. The summed E-state index contributed by atoms with van der Waals surface area (Å²) in [5.74, 6) is -2.94. The molecule has 1 rings (SSSR count). The van der Waals surface area contributed by atoms with Gasteiger partial charge in [0.05, 0.1) is 0 Å². The van der Waals surface area contributed by atoms with Crippen LogP contribution < -0.4 is 0 Å². The van der Waals surface area contributed by atoms with Crippen molar-refractivity contribution in [2.45, 2.75) is 38.2 Å². The van der Waals surface area contributed by atoms with Gasteiger partial charge in [-0.2, -0.15) is 0 Å². The maximum absolute atomic E-state index is 12.6. The van der Waals surface area contributed by atoms with Gasteiger partial charge in [0.15, 0.2) is 5.78 Å². The van der Waals surface area contributed by atoms with Crippen molar-refractivity contribution in [3.63, 3.8) is 0 Å². The number of hydrogen-bond donors (Lipinski definition) is 0. The van der Waals surface area contributed by atoms with E-state index in [4.69, 9.17) is 4.74 Å². The van der Waals surface area contributed by atoms with Crippen LogP contribution in [0.2, 0.25) is 0 Å². The molecule has 0 aromatic heterocycles. The predicted molar refractivity (Wildman–Crippen MR) is 39.2 cm³/mol. The number of alkyl halides is 2. The fraction of sp³-hybridized carbons (Fsp3) is 0.875. The Bertz CT molecular complexity index is 191. The second-order valence-electron chi connectivity index (χ2n) is 3.43. The van der Waals surface area contributed by atoms with Crippen LogP contribution in [0.4, 0.5) is 8.78 Å². The van der Waals surface area contributed by atoms with Crippen molar-refractivity contribution in [3.8, 4) is 0 Å². The fourth-order valence-electron chi connectivity index (χ4n) is 1.11. The van der Waals surface area contributed by atoms with Crippen LogP contribution in [0.25, 0.3) is 0 Å². The second-order valence-corrected chi connectivity index (χ2v) is 3.43. The van der Waals surface area contributed by atoms with Gasteiger partial charge in [0, 0.05) is 6.42 Å². The first-order valence-corrected chi connectivity index (χ1v) is 3.89. The minimum Gasteiger partial charge on any atom is -0.361 e. The van der Waals surface area contributed by atoms with Crippen molar-refractivity contribution in [3.05, 3.63) is 0 Å². The molecule has 0 aromatic carbocycles. The molecule has 2 nitrogen and oxygen atoms in total. The first-order chi connectivity index (χ1) is 5.36. The molecule has 0 saturated carbocycles. The van der Waals surface area contributed by atoms with Crippen molar-refractivity contribution in [1.82, 2.24) is 0 Å². The molecule has 1 aliphatic heterocycles.